The fourth-order valence-electron chi connectivity index (χ4n) is 2.36. The average molecular weight is 340 g/mol. The Morgan fingerprint density at radius 3 is 1.80 bits per heavy atom. The Bertz CT molecular complexity index is 687. The molecule has 0 amide bonds. The van der Waals surface area contributed by atoms with Crippen molar-refractivity contribution in [3.8, 4) is 0 Å². The van der Waals surface area contributed by atoms with Crippen LogP contribution in [0.4, 0.5) is 0 Å². The summed E-state index contributed by atoms with van der Waals surface area (Å²) in [6, 6.07) is 17.7. The van der Waals surface area contributed by atoms with E-state index < -0.39 is 0 Å². The summed E-state index contributed by atoms with van der Waals surface area (Å²) >= 11 is 0. The molecule has 25 heavy (non-hydrogen) atoms. The summed E-state index contributed by atoms with van der Waals surface area (Å²) in [5.41, 5.74) is 0.762. The van der Waals surface area contributed by atoms with E-state index in [1.165, 1.54) is 0 Å². The number of ether oxygens (including phenoxy) is 2. The van der Waals surface area contributed by atoms with Crippen molar-refractivity contribution < 1.29 is 19.1 Å². The van der Waals surface area contributed by atoms with Crippen LogP contribution in [0.15, 0.2) is 60.7 Å². The lowest BCUT2D eigenvalue weighted by molar-refractivity contribution is -0.0152. The lowest BCUT2D eigenvalue weighted by atomic mass is 9.87. The van der Waals surface area contributed by atoms with Crippen molar-refractivity contribution in [2.45, 2.75) is 33.3 Å². The standard InChI is InChI=1S/C21H24O4/c1-21(2,3)18(25-20(23)17-12-8-5-9-13-17)14-15-24-19(22)16-10-6-4-7-11-16/h4-13,18H,14-15H2,1-3H3. The smallest absolute Gasteiger partial charge is 0.338 e. The van der Waals surface area contributed by atoms with Gasteiger partial charge in [-0.1, -0.05) is 57.2 Å². The van der Waals surface area contributed by atoms with Crippen LogP contribution in [0.25, 0.3) is 0 Å². The van der Waals surface area contributed by atoms with Gasteiger partial charge in [0, 0.05) is 6.42 Å². The predicted octanol–water partition coefficient (Wildman–Crippen LogP) is 4.51. The van der Waals surface area contributed by atoms with Crippen LogP contribution >= 0.6 is 0 Å². The summed E-state index contributed by atoms with van der Waals surface area (Å²) in [5, 5.41) is 0. The van der Waals surface area contributed by atoms with Crippen LogP contribution in [0.1, 0.15) is 47.9 Å². The van der Waals surface area contributed by atoms with Crippen molar-refractivity contribution in [1.82, 2.24) is 0 Å². The minimum absolute atomic E-state index is 0.192. The number of benzene rings is 2. The van der Waals surface area contributed by atoms with Crippen LogP contribution < -0.4 is 0 Å². The fraction of sp³-hybridized carbons (Fsp3) is 0.333. The molecule has 0 fully saturated rings. The molecule has 2 rings (SSSR count). The zero-order valence-electron chi connectivity index (χ0n) is 14.9. The summed E-state index contributed by atoms with van der Waals surface area (Å²) in [4.78, 5) is 24.3. The van der Waals surface area contributed by atoms with Crippen molar-refractivity contribution >= 4 is 11.9 Å². The normalized spacial score (nSPS) is 12.3. The maximum atomic E-state index is 12.3. The van der Waals surface area contributed by atoms with E-state index in [1.807, 2.05) is 32.9 Å². The van der Waals surface area contributed by atoms with E-state index in [0.29, 0.717) is 17.5 Å². The first-order valence-corrected chi connectivity index (χ1v) is 8.36. The first-order valence-electron chi connectivity index (χ1n) is 8.36. The molecule has 0 heterocycles. The Labute approximate surface area is 148 Å². The monoisotopic (exact) mass is 340 g/mol. The zero-order valence-corrected chi connectivity index (χ0v) is 14.9. The number of rotatable bonds is 6. The second kappa shape index (κ2) is 8.47. The molecule has 4 heteroatoms. The summed E-state index contributed by atoms with van der Waals surface area (Å²) < 4.78 is 11.0. The molecule has 4 nitrogen and oxygen atoms in total. The van der Waals surface area contributed by atoms with E-state index in [-0.39, 0.29) is 30.1 Å². The molecule has 1 atom stereocenters. The molecule has 2 aromatic rings. The molecule has 132 valence electrons. The van der Waals surface area contributed by atoms with Gasteiger partial charge in [0.1, 0.15) is 6.10 Å². The van der Waals surface area contributed by atoms with Gasteiger partial charge in [0.25, 0.3) is 0 Å². The van der Waals surface area contributed by atoms with Gasteiger partial charge in [-0.15, -0.1) is 0 Å². The van der Waals surface area contributed by atoms with Gasteiger partial charge in [-0.3, -0.25) is 0 Å². The number of esters is 2. The maximum Gasteiger partial charge on any atom is 0.338 e. The Kier molecular flexibility index (Phi) is 6.34. The van der Waals surface area contributed by atoms with Crippen LogP contribution in [-0.4, -0.2) is 24.6 Å². The minimum atomic E-state index is -0.373. The highest BCUT2D eigenvalue weighted by Crippen LogP contribution is 2.26. The Balaban J connectivity index is 1.92. The van der Waals surface area contributed by atoms with E-state index >= 15 is 0 Å². The lowest BCUT2D eigenvalue weighted by Crippen LogP contribution is -2.33. The van der Waals surface area contributed by atoms with Crippen molar-refractivity contribution in [2.75, 3.05) is 6.61 Å². The summed E-state index contributed by atoms with van der Waals surface area (Å²) in [7, 11) is 0. The van der Waals surface area contributed by atoms with E-state index in [2.05, 4.69) is 0 Å². The second-order valence-electron chi connectivity index (χ2n) is 6.92. The molecule has 2 aromatic carbocycles. The summed E-state index contributed by atoms with van der Waals surface area (Å²) in [5.74, 6) is -0.738. The Morgan fingerprint density at radius 1 is 0.840 bits per heavy atom. The van der Waals surface area contributed by atoms with Gasteiger partial charge in [-0.05, 0) is 29.7 Å². The highest BCUT2D eigenvalue weighted by Gasteiger charge is 2.29. The van der Waals surface area contributed by atoms with E-state index in [0.717, 1.165) is 0 Å². The van der Waals surface area contributed by atoms with Gasteiger partial charge >= 0.3 is 11.9 Å². The molecule has 0 aliphatic carbocycles. The van der Waals surface area contributed by atoms with Crippen LogP contribution in [-0.2, 0) is 9.47 Å². The quantitative estimate of drug-likeness (QED) is 0.726. The van der Waals surface area contributed by atoms with E-state index in [9.17, 15) is 9.59 Å². The predicted molar refractivity (Wildman–Crippen MR) is 96.4 cm³/mol. The van der Waals surface area contributed by atoms with Gasteiger partial charge in [-0.2, -0.15) is 0 Å². The van der Waals surface area contributed by atoms with E-state index in [1.54, 1.807) is 48.5 Å². The first kappa shape index (κ1) is 18.7. The molecule has 0 spiro atoms. The molecule has 0 bridgehead atoms. The van der Waals surface area contributed by atoms with Crippen LogP contribution in [0.5, 0.6) is 0 Å². The SMILES string of the molecule is CC(C)(C)C(CCOC(=O)c1ccccc1)OC(=O)c1ccccc1. The third-order valence-corrected chi connectivity index (χ3v) is 3.85. The molecule has 0 saturated carbocycles. The molecule has 0 radical (unpaired) electrons. The number of carbonyl (C=O) groups excluding carboxylic acids is 2. The lowest BCUT2D eigenvalue weighted by Gasteiger charge is -2.30. The van der Waals surface area contributed by atoms with Gasteiger partial charge in [0.15, 0.2) is 0 Å². The van der Waals surface area contributed by atoms with Crippen LogP contribution in [0.2, 0.25) is 0 Å². The van der Waals surface area contributed by atoms with Crippen molar-refractivity contribution in [2.24, 2.45) is 5.41 Å². The van der Waals surface area contributed by atoms with Gasteiger partial charge in [-0.25, -0.2) is 9.59 Å². The van der Waals surface area contributed by atoms with Crippen LogP contribution in [0.3, 0.4) is 0 Å². The Hall–Kier alpha value is -2.62. The molecule has 0 N–H and O–H groups in total. The van der Waals surface area contributed by atoms with E-state index in [4.69, 9.17) is 9.47 Å². The minimum Gasteiger partial charge on any atom is -0.462 e. The van der Waals surface area contributed by atoms with Crippen LogP contribution in [0, 0.1) is 5.41 Å². The topological polar surface area (TPSA) is 52.6 Å². The average Bonchev–Trinajstić information content (AvgIpc) is 2.61. The molecule has 0 aliphatic heterocycles. The molecular weight excluding hydrogens is 316 g/mol. The zero-order chi connectivity index (χ0) is 18.3. The molecule has 0 aromatic heterocycles. The van der Waals surface area contributed by atoms with Crippen molar-refractivity contribution in [3.05, 3.63) is 71.8 Å². The molecule has 0 saturated heterocycles. The van der Waals surface area contributed by atoms with Crippen molar-refractivity contribution in [1.29, 1.82) is 0 Å². The third kappa shape index (κ3) is 5.75. The summed E-state index contributed by atoms with van der Waals surface area (Å²) in [6.07, 6.45) is 0.0875. The highest BCUT2D eigenvalue weighted by atomic mass is 16.6. The first-order chi connectivity index (χ1) is 11.9. The second-order valence-corrected chi connectivity index (χ2v) is 6.92. The Morgan fingerprint density at radius 2 is 1.32 bits per heavy atom. The number of hydrogen-bond donors (Lipinski definition) is 0. The van der Waals surface area contributed by atoms with Gasteiger partial charge in [0.05, 0.1) is 17.7 Å². The fourth-order valence-corrected chi connectivity index (χ4v) is 2.36. The maximum absolute atomic E-state index is 12.3. The number of hydrogen-bond acceptors (Lipinski definition) is 4. The molecule has 0 aliphatic rings. The number of carbonyl (C=O) groups is 2. The molecular formula is C21H24O4. The highest BCUT2D eigenvalue weighted by molar-refractivity contribution is 5.89. The molecule has 1 unspecified atom stereocenters. The van der Waals surface area contributed by atoms with Crippen molar-refractivity contribution in [3.63, 3.8) is 0 Å². The summed E-state index contributed by atoms with van der Waals surface area (Å²) in [6.45, 7) is 6.18. The van der Waals surface area contributed by atoms with Gasteiger partial charge < -0.3 is 9.47 Å². The largest absolute Gasteiger partial charge is 0.462 e. The third-order valence-electron chi connectivity index (χ3n) is 3.85. The van der Waals surface area contributed by atoms with Gasteiger partial charge in [0.2, 0.25) is 0 Å².